The molecule has 0 atom stereocenters. The van der Waals surface area contributed by atoms with Crippen LogP contribution in [0, 0.1) is 0 Å². The van der Waals surface area contributed by atoms with Gasteiger partial charge in [-0.2, -0.15) is 0 Å². The predicted molar refractivity (Wildman–Crippen MR) is 18.9 cm³/mol. The first-order valence-corrected chi connectivity index (χ1v) is 8.33. The molecule has 0 aromatic heterocycles. The molecule has 6 heteroatoms. The molecule has 0 aliphatic rings. The Morgan fingerprint density at radius 2 is 1.00 bits per heavy atom. The molecule has 6 heavy (non-hydrogen) atoms. The van der Waals surface area contributed by atoms with Crippen molar-refractivity contribution in [2.45, 2.75) is 0 Å². The smallest absolute Gasteiger partial charge is 0 e. The molecule has 0 spiro atoms. The van der Waals surface area contributed by atoms with E-state index in [0.29, 0.717) is 0 Å². The van der Waals surface area contributed by atoms with E-state index in [4.69, 9.17) is 19.4 Å². The van der Waals surface area contributed by atoms with E-state index >= 15 is 0 Å². The van der Waals surface area contributed by atoms with Gasteiger partial charge in [-0.15, -0.1) is 0 Å². The molecule has 0 fully saturated rings. The summed E-state index contributed by atoms with van der Waals surface area (Å²) in [5.74, 6) is 0. The van der Waals surface area contributed by atoms with Gasteiger partial charge in [0.15, 0.2) is 0 Å². The van der Waals surface area contributed by atoms with Gasteiger partial charge >= 0.3 is 34.5 Å². The molecule has 0 unspecified atom stereocenters. The van der Waals surface area contributed by atoms with Gasteiger partial charge in [-0.3, -0.25) is 0 Å². The van der Waals surface area contributed by atoms with Crippen LogP contribution in [0.1, 0.15) is 0 Å². The van der Waals surface area contributed by atoms with Crippen LogP contribution < -0.4 is 0 Å². The first-order chi connectivity index (χ1) is 1.41. The monoisotopic (exact) mass is 234 g/mol. The third-order valence-electron chi connectivity index (χ3n) is 0. The number of hydrogen-bond acceptors (Lipinski definition) is 0. The summed E-state index contributed by atoms with van der Waals surface area (Å²) in [6, 6.07) is 0. The summed E-state index contributed by atoms with van der Waals surface area (Å²) in [5.41, 5.74) is 0. The molecule has 34 valence electrons. The van der Waals surface area contributed by atoms with Crippen LogP contribution in [0.15, 0.2) is 0 Å². The van der Waals surface area contributed by atoms with Crippen LogP contribution in [-0.2, 0) is 34.6 Å². The van der Waals surface area contributed by atoms with Crippen molar-refractivity contribution in [2.24, 2.45) is 0 Å². The second kappa shape index (κ2) is 29.5. The minimum Gasteiger partial charge on any atom is 0 e. The molecule has 4 N–H and O–H groups in total. The maximum atomic E-state index is 4.95. The van der Waals surface area contributed by atoms with Gasteiger partial charge in [0.25, 0.3) is 0 Å². The number of halogens is 2. The van der Waals surface area contributed by atoms with E-state index in [0.717, 1.165) is 0 Å². The van der Waals surface area contributed by atoms with E-state index in [2.05, 4.69) is 0 Å². The van der Waals surface area contributed by atoms with Crippen molar-refractivity contribution in [1.82, 2.24) is 0 Å². The van der Waals surface area contributed by atoms with Crippen LogP contribution in [-0.4, -0.2) is 11.0 Å². The topological polar surface area (TPSA) is 63.0 Å². The zero-order chi connectivity index (χ0) is 2.71. The van der Waals surface area contributed by atoms with Crippen LogP contribution in [0.4, 0.5) is 0 Å². The molecule has 0 aliphatic heterocycles. The summed E-state index contributed by atoms with van der Waals surface area (Å²) >= 11 is -0.931. The largest absolute Gasteiger partial charge is 0 e. The Labute approximate surface area is 64.6 Å². The van der Waals surface area contributed by atoms with Crippen molar-refractivity contribution in [3.8, 4) is 0 Å². The summed E-state index contributed by atoms with van der Waals surface area (Å²) in [5, 5.41) is 0. The van der Waals surface area contributed by atoms with Gasteiger partial charge in [-0.1, -0.05) is 0 Å². The van der Waals surface area contributed by atoms with E-state index < -0.39 is 15.1 Å². The quantitative estimate of drug-likeness (QED) is 0.521. The molecule has 0 radical (unpaired) electrons. The molecular weight excluding hydrogens is 234 g/mol. The van der Waals surface area contributed by atoms with Gasteiger partial charge in [0.05, 0.1) is 0 Å². The van der Waals surface area contributed by atoms with Crippen LogP contribution in [0.25, 0.3) is 0 Å². The molecule has 2 nitrogen and oxygen atoms in total. The van der Waals surface area contributed by atoms with Crippen molar-refractivity contribution in [3.63, 3.8) is 0 Å². The van der Waals surface area contributed by atoms with Gasteiger partial charge in [0, 0.05) is 19.5 Å². The third-order valence-corrected chi connectivity index (χ3v) is 0. The molecular formula is H4Cl2O2Zn2. The fraction of sp³-hybridized carbons (Fsp3) is 0. The number of rotatable bonds is 0. The average Bonchev–Trinajstić information content (AvgIpc) is 0.918. The van der Waals surface area contributed by atoms with Crippen LogP contribution in [0.3, 0.4) is 0 Å². The molecule has 0 aromatic rings. The van der Waals surface area contributed by atoms with Crippen molar-refractivity contribution < 1.29 is 45.6 Å². The summed E-state index contributed by atoms with van der Waals surface area (Å²) in [7, 11) is 9.90. The first kappa shape index (κ1) is 25.1. The van der Waals surface area contributed by atoms with Crippen molar-refractivity contribution in [2.75, 3.05) is 0 Å². The fourth-order valence-electron chi connectivity index (χ4n) is 0. The molecule has 0 bridgehead atoms. The van der Waals surface area contributed by atoms with Gasteiger partial charge in [0.2, 0.25) is 0 Å². The van der Waals surface area contributed by atoms with E-state index in [1.54, 1.807) is 0 Å². The van der Waals surface area contributed by atoms with Crippen molar-refractivity contribution in [1.29, 1.82) is 0 Å². The molecule has 0 saturated heterocycles. The molecule has 0 heterocycles. The van der Waals surface area contributed by atoms with Gasteiger partial charge in [-0.05, 0) is 0 Å². The van der Waals surface area contributed by atoms with Crippen LogP contribution >= 0.6 is 19.4 Å². The Kier molecular flexibility index (Phi) is 124. The minimum atomic E-state index is -0.931. The van der Waals surface area contributed by atoms with E-state index in [1.165, 1.54) is 0 Å². The fourth-order valence-corrected chi connectivity index (χ4v) is 0. The van der Waals surface area contributed by atoms with Gasteiger partial charge in [-0.25, -0.2) is 0 Å². The summed E-state index contributed by atoms with van der Waals surface area (Å²) < 4.78 is 0. The Bertz CT molecular complexity index is 9.51. The van der Waals surface area contributed by atoms with Crippen molar-refractivity contribution in [3.05, 3.63) is 0 Å². The second-order valence-electron chi connectivity index (χ2n) is 0.101. The average molecular weight is 238 g/mol. The SMILES string of the molecule is O.O.[Cl][Zn][Cl].[Zn]. The zero-order valence-corrected chi connectivity index (χ0v) is 10.6. The Morgan fingerprint density at radius 1 is 1.00 bits per heavy atom. The summed E-state index contributed by atoms with van der Waals surface area (Å²) in [6.45, 7) is 0. The number of hydrogen-bond donors (Lipinski definition) is 0. The first-order valence-electron chi connectivity index (χ1n) is 0.535. The van der Waals surface area contributed by atoms with Crippen molar-refractivity contribution >= 4 is 19.4 Å². The van der Waals surface area contributed by atoms with Gasteiger partial charge in [0.1, 0.15) is 0 Å². The Hall–Kier alpha value is 1.75. The summed E-state index contributed by atoms with van der Waals surface area (Å²) in [6.07, 6.45) is 0. The maximum Gasteiger partial charge on any atom is 0 e. The van der Waals surface area contributed by atoms with Crippen LogP contribution in [0.2, 0.25) is 0 Å². The normalized spacial score (nSPS) is 1.67. The van der Waals surface area contributed by atoms with E-state index in [1.807, 2.05) is 0 Å². The van der Waals surface area contributed by atoms with Gasteiger partial charge < -0.3 is 11.0 Å². The molecule has 0 aromatic carbocycles. The second-order valence-corrected chi connectivity index (χ2v) is 4.72. The Balaban J connectivity index is -0.00000000667. The summed E-state index contributed by atoms with van der Waals surface area (Å²) in [4.78, 5) is 0. The molecule has 0 aliphatic carbocycles. The predicted octanol–water partition coefficient (Wildman–Crippen LogP) is -0.275. The van der Waals surface area contributed by atoms with Crippen LogP contribution in [0.5, 0.6) is 0 Å². The van der Waals surface area contributed by atoms with E-state index in [9.17, 15) is 0 Å². The molecule has 0 amide bonds. The van der Waals surface area contributed by atoms with E-state index in [-0.39, 0.29) is 30.4 Å². The maximum absolute atomic E-state index is 4.95. The Morgan fingerprint density at radius 3 is 1.00 bits per heavy atom. The minimum absolute atomic E-state index is 0. The third kappa shape index (κ3) is 42.4. The standard InChI is InChI=1S/2ClH.2H2O.2Zn/h2*1H;2*1H2;;/q;;;;;+2/p-2. The molecule has 0 saturated carbocycles. The molecule has 0 rings (SSSR count). The zero-order valence-electron chi connectivity index (χ0n) is 3.17.